The molecular formula is C18H21F2N3S. The summed E-state index contributed by atoms with van der Waals surface area (Å²) in [4.78, 5) is 2.24. The Morgan fingerprint density at radius 1 is 1.04 bits per heavy atom. The van der Waals surface area contributed by atoms with Gasteiger partial charge in [0.1, 0.15) is 11.6 Å². The molecular weight excluding hydrogens is 328 g/mol. The van der Waals surface area contributed by atoms with Crippen molar-refractivity contribution in [2.75, 3.05) is 23.3 Å². The molecule has 0 amide bonds. The molecule has 0 saturated carbocycles. The van der Waals surface area contributed by atoms with Crippen molar-refractivity contribution in [2.24, 2.45) is 0 Å². The predicted octanol–water partition coefficient (Wildman–Crippen LogP) is 4.30. The Hall–Kier alpha value is -2.21. The summed E-state index contributed by atoms with van der Waals surface area (Å²) in [7, 11) is 0. The third kappa shape index (κ3) is 4.89. The molecule has 0 unspecified atom stereocenters. The molecule has 2 N–H and O–H groups in total. The first-order valence-electron chi connectivity index (χ1n) is 7.87. The van der Waals surface area contributed by atoms with Crippen molar-refractivity contribution in [1.29, 1.82) is 0 Å². The lowest BCUT2D eigenvalue weighted by atomic mass is 10.2. The summed E-state index contributed by atoms with van der Waals surface area (Å²) in [5, 5.41) is 6.27. The van der Waals surface area contributed by atoms with E-state index in [4.69, 9.17) is 12.2 Å². The Balaban J connectivity index is 1.91. The van der Waals surface area contributed by atoms with Crippen LogP contribution >= 0.6 is 12.2 Å². The molecule has 2 aromatic rings. The van der Waals surface area contributed by atoms with Gasteiger partial charge in [-0.05, 0) is 68.5 Å². The maximum atomic E-state index is 13.6. The van der Waals surface area contributed by atoms with E-state index in [1.165, 1.54) is 0 Å². The first-order valence-corrected chi connectivity index (χ1v) is 8.28. The van der Waals surface area contributed by atoms with Crippen LogP contribution in [0.3, 0.4) is 0 Å². The molecule has 0 aromatic heterocycles. The number of benzene rings is 2. The zero-order chi connectivity index (χ0) is 17.5. The first kappa shape index (κ1) is 18.1. The number of halogens is 2. The lowest BCUT2D eigenvalue weighted by molar-refractivity contribution is 0.582. The number of nitrogens with one attached hydrogen (secondary N) is 2. The molecule has 0 saturated heterocycles. The number of thiocarbonyl (C=S) groups is 1. The lowest BCUT2D eigenvalue weighted by Gasteiger charge is -2.21. The molecule has 0 bridgehead atoms. The van der Waals surface area contributed by atoms with E-state index in [2.05, 4.69) is 29.4 Å². The summed E-state index contributed by atoms with van der Waals surface area (Å²) in [6, 6.07) is 11.3. The van der Waals surface area contributed by atoms with Crippen LogP contribution in [0.1, 0.15) is 19.4 Å². The van der Waals surface area contributed by atoms with Crippen LogP contribution in [0.25, 0.3) is 0 Å². The molecule has 2 aromatic carbocycles. The molecule has 0 atom stereocenters. The highest BCUT2D eigenvalue weighted by Crippen LogP contribution is 2.17. The van der Waals surface area contributed by atoms with Crippen molar-refractivity contribution in [3.63, 3.8) is 0 Å². The standard InChI is InChI=1S/C18H21F2N3S/c1-3-23(4-2)16-8-6-15(7-9-16)22-18(24)21-12-13-11-14(19)5-10-17(13)20/h5-11H,3-4,12H2,1-2H3,(H2,21,22,24). The van der Waals surface area contributed by atoms with Crippen molar-refractivity contribution in [2.45, 2.75) is 20.4 Å². The van der Waals surface area contributed by atoms with Gasteiger partial charge in [-0.2, -0.15) is 0 Å². The maximum Gasteiger partial charge on any atom is 0.171 e. The minimum absolute atomic E-state index is 0.118. The number of hydrogen-bond donors (Lipinski definition) is 2. The topological polar surface area (TPSA) is 27.3 Å². The molecule has 2 rings (SSSR count). The summed E-state index contributed by atoms with van der Waals surface area (Å²) in [6.45, 7) is 6.23. The lowest BCUT2D eigenvalue weighted by Crippen LogP contribution is -2.28. The zero-order valence-corrected chi connectivity index (χ0v) is 14.6. The molecule has 0 radical (unpaired) electrons. The smallest absolute Gasteiger partial charge is 0.171 e. The predicted molar refractivity (Wildman–Crippen MR) is 99.4 cm³/mol. The maximum absolute atomic E-state index is 13.6. The van der Waals surface area contributed by atoms with Crippen molar-refractivity contribution in [1.82, 2.24) is 5.32 Å². The first-order chi connectivity index (χ1) is 11.5. The Labute approximate surface area is 146 Å². The molecule has 24 heavy (non-hydrogen) atoms. The number of anilines is 2. The van der Waals surface area contributed by atoms with Crippen LogP contribution in [0.15, 0.2) is 42.5 Å². The van der Waals surface area contributed by atoms with Gasteiger partial charge in [-0.25, -0.2) is 8.78 Å². The Morgan fingerprint density at radius 2 is 1.71 bits per heavy atom. The SMILES string of the molecule is CCN(CC)c1ccc(NC(=S)NCc2cc(F)ccc2F)cc1. The van der Waals surface area contributed by atoms with Crippen LogP contribution in [0.4, 0.5) is 20.2 Å². The van der Waals surface area contributed by atoms with Crippen LogP contribution in [-0.2, 0) is 6.54 Å². The highest BCUT2D eigenvalue weighted by Gasteiger charge is 2.06. The summed E-state index contributed by atoms with van der Waals surface area (Å²) in [5.41, 5.74) is 2.21. The molecule has 0 heterocycles. The molecule has 0 aliphatic carbocycles. The molecule has 0 aliphatic rings. The molecule has 0 spiro atoms. The molecule has 3 nitrogen and oxygen atoms in total. The van der Waals surface area contributed by atoms with E-state index in [0.717, 1.165) is 42.7 Å². The monoisotopic (exact) mass is 349 g/mol. The van der Waals surface area contributed by atoms with E-state index in [1.54, 1.807) is 0 Å². The van der Waals surface area contributed by atoms with E-state index in [-0.39, 0.29) is 12.1 Å². The third-order valence-corrected chi connectivity index (χ3v) is 3.95. The van der Waals surface area contributed by atoms with Crippen LogP contribution in [0, 0.1) is 11.6 Å². The summed E-state index contributed by atoms with van der Waals surface area (Å²) in [6.07, 6.45) is 0. The molecule has 0 fully saturated rings. The van der Waals surface area contributed by atoms with Gasteiger partial charge in [0.15, 0.2) is 5.11 Å². The Kier molecular flexibility index (Phi) is 6.49. The molecule has 6 heteroatoms. The molecule has 128 valence electrons. The van der Waals surface area contributed by atoms with Crippen LogP contribution in [-0.4, -0.2) is 18.2 Å². The fraction of sp³-hybridized carbons (Fsp3) is 0.278. The second-order valence-corrected chi connectivity index (χ2v) is 5.67. The largest absolute Gasteiger partial charge is 0.372 e. The zero-order valence-electron chi connectivity index (χ0n) is 13.8. The van der Waals surface area contributed by atoms with Crippen LogP contribution in [0.2, 0.25) is 0 Å². The second kappa shape index (κ2) is 8.59. The molecule has 0 aliphatic heterocycles. The summed E-state index contributed by atoms with van der Waals surface area (Å²) < 4.78 is 26.7. The van der Waals surface area contributed by atoms with Gasteiger partial charge in [-0.15, -0.1) is 0 Å². The van der Waals surface area contributed by atoms with Gasteiger partial charge in [0.25, 0.3) is 0 Å². The highest BCUT2D eigenvalue weighted by atomic mass is 32.1. The van der Waals surface area contributed by atoms with Gasteiger partial charge in [0.05, 0.1) is 0 Å². The summed E-state index contributed by atoms with van der Waals surface area (Å²) >= 11 is 5.19. The second-order valence-electron chi connectivity index (χ2n) is 5.26. The van der Waals surface area contributed by atoms with E-state index < -0.39 is 11.6 Å². The third-order valence-electron chi connectivity index (χ3n) is 3.70. The van der Waals surface area contributed by atoms with Crippen LogP contribution < -0.4 is 15.5 Å². The normalized spacial score (nSPS) is 10.3. The number of nitrogens with zero attached hydrogens (tertiary/aromatic N) is 1. The van der Waals surface area contributed by atoms with Gasteiger partial charge in [-0.1, -0.05) is 0 Å². The minimum Gasteiger partial charge on any atom is -0.372 e. The minimum atomic E-state index is -0.473. The van der Waals surface area contributed by atoms with E-state index in [9.17, 15) is 8.78 Å². The van der Waals surface area contributed by atoms with Gasteiger partial charge in [0, 0.05) is 36.6 Å². The fourth-order valence-electron chi connectivity index (χ4n) is 2.37. The number of hydrogen-bond acceptors (Lipinski definition) is 2. The van der Waals surface area contributed by atoms with Crippen molar-refractivity contribution in [3.05, 3.63) is 59.7 Å². The quantitative estimate of drug-likeness (QED) is 0.761. The van der Waals surface area contributed by atoms with E-state index in [0.29, 0.717) is 5.11 Å². The van der Waals surface area contributed by atoms with Gasteiger partial charge < -0.3 is 15.5 Å². The van der Waals surface area contributed by atoms with E-state index in [1.807, 2.05) is 24.3 Å². The fourth-order valence-corrected chi connectivity index (χ4v) is 2.56. The average Bonchev–Trinajstić information content (AvgIpc) is 2.58. The Bertz CT molecular complexity index is 685. The Morgan fingerprint density at radius 3 is 2.33 bits per heavy atom. The van der Waals surface area contributed by atoms with Crippen molar-refractivity contribution >= 4 is 28.7 Å². The van der Waals surface area contributed by atoms with Gasteiger partial charge in [0.2, 0.25) is 0 Å². The van der Waals surface area contributed by atoms with Crippen molar-refractivity contribution in [3.8, 4) is 0 Å². The summed E-state index contributed by atoms with van der Waals surface area (Å²) in [5.74, 6) is -0.936. The van der Waals surface area contributed by atoms with Gasteiger partial charge in [-0.3, -0.25) is 0 Å². The van der Waals surface area contributed by atoms with E-state index >= 15 is 0 Å². The van der Waals surface area contributed by atoms with Crippen LogP contribution in [0.5, 0.6) is 0 Å². The highest BCUT2D eigenvalue weighted by molar-refractivity contribution is 7.80. The average molecular weight is 349 g/mol. The number of rotatable bonds is 6. The van der Waals surface area contributed by atoms with Gasteiger partial charge >= 0.3 is 0 Å². The van der Waals surface area contributed by atoms with Crippen molar-refractivity contribution < 1.29 is 8.78 Å².